The minimum atomic E-state index is -0.631. The van der Waals surface area contributed by atoms with Gasteiger partial charge in [0.05, 0.1) is 23.8 Å². The lowest BCUT2D eigenvalue weighted by Crippen LogP contribution is -2.42. The minimum Gasteiger partial charge on any atom is -0.379 e. The largest absolute Gasteiger partial charge is 0.379 e. The highest BCUT2D eigenvalue weighted by Crippen LogP contribution is 2.30. The molecule has 224 valence electrons. The number of alkyl halides is 1. The molecule has 2 aliphatic rings. The number of urea groups is 1. The normalized spacial score (nSPS) is 18.2. The van der Waals surface area contributed by atoms with Crippen molar-refractivity contribution in [3.8, 4) is 0 Å². The molecule has 2 saturated carbocycles. The number of carbonyl (C=O) groups is 2. The summed E-state index contributed by atoms with van der Waals surface area (Å²) in [5, 5.41) is 20.8. The van der Waals surface area contributed by atoms with E-state index in [2.05, 4.69) is 64.2 Å². The van der Waals surface area contributed by atoms with E-state index in [1.165, 1.54) is 23.0 Å². The van der Waals surface area contributed by atoms with Gasteiger partial charge in [-0.25, -0.2) is 18.7 Å². The molecule has 3 amide bonds. The number of nitrogens with zero attached hydrogens (tertiary/aromatic N) is 4. The van der Waals surface area contributed by atoms with Crippen LogP contribution in [0, 0.1) is 5.82 Å². The maximum atomic E-state index is 14.1. The summed E-state index contributed by atoms with van der Waals surface area (Å²) >= 11 is 8.44. The summed E-state index contributed by atoms with van der Waals surface area (Å²) in [4.78, 5) is 33.9. The van der Waals surface area contributed by atoms with Crippen molar-refractivity contribution in [1.82, 2.24) is 24.9 Å². The topological polar surface area (TPSA) is 137 Å². The summed E-state index contributed by atoms with van der Waals surface area (Å²) in [7, 11) is 0. The average molecular weight is 718 g/mol. The van der Waals surface area contributed by atoms with Crippen LogP contribution in [0.3, 0.4) is 0 Å². The number of pyridine rings is 1. The Morgan fingerprint density at radius 1 is 0.953 bits per heavy atom. The maximum absolute atomic E-state index is 14.1. The fourth-order valence-corrected chi connectivity index (χ4v) is 5.85. The van der Waals surface area contributed by atoms with Crippen LogP contribution in [0.1, 0.15) is 54.6 Å². The maximum Gasteiger partial charge on any atom is 0.319 e. The zero-order chi connectivity index (χ0) is 29.9. The molecule has 3 aromatic heterocycles. The molecule has 0 unspecified atom stereocenters. The van der Waals surface area contributed by atoms with Crippen LogP contribution in [-0.2, 0) is 4.43 Å². The Bertz CT molecular complexity index is 1660. The fraction of sp³-hybridized carbons (Fsp3) is 0.345. The van der Waals surface area contributed by atoms with Crippen molar-refractivity contribution in [2.75, 3.05) is 21.3 Å². The predicted octanol–water partition coefficient (Wildman–Crippen LogP) is 6.22. The Balaban J connectivity index is 1.11. The van der Waals surface area contributed by atoms with E-state index < -0.39 is 11.7 Å². The van der Waals surface area contributed by atoms with E-state index >= 15 is 0 Å². The second-order valence-corrected chi connectivity index (χ2v) is 12.0. The van der Waals surface area contributed by atoms with Gasteiger partial charge in [0.25, 0.3) is 5.91 Å². The molecule has 0 atom stereocenters. The summed E-state index contributed by atoms with van der Waals surface area (Å²) in [6.45, 7) is 0. The first kappa shape index (κ1) is 29.4. The van der Waals surface area contributed by atoms with Crippen LogP contribution in [0.4, 0.5) is 32.1 Å². The first-order chi connectivity index (χ1) is 20.8. The molecule has 0 spiro atoms. The number of amides is 3. The van der Waals surface area contributed by atoms with Gasteiger partial charge in [0, 0.05) is 45.5 Å². The van der Waals surface area contributed by atoms with Crippen molar-refractivity contribution in [3.05, 3.63) is 71.0 Å². The van der Waals surface area contributed by atoms with E-state index in [1.807, 2.05) is 18.2 Å². The number of carbonyl (C=O) groups excluding carboxylic acids is 2. The molecule has 14 heteroatoms. The van der Waals surface area contributed by atoms with Gasteiger partial charge in [-0.2, -0.15) is 0 Å². The van der Waals surface area contributed by atoms with Crippen molar-refractivity contribution >= 4 is 74.7 Å². The molecule has 5 N–H and O–H groups in total. The van der Waals surface area contributed by atoms with Crippen LogP contribution in [0.15, 0.2) is 48.9 Å². The van der Waals surface area contributed by atoms with E-state index in [4.69, 9.17) is 11.6 Å². The Kier molecular flexibility index (Phi) is 8.79. The van der Waals surface area contributed by atoms with Gasteiger partial charge in [-0.3, -0.25) is 9.78 Å². The van der Waals surface area contributed by atoms with E-state index in [0.29, 0.717) is 28.2 Å². The Hall–Kier alpha value is -3.72. The number of fused-ring (bicyclic) bond motifs is 1. The van der Waals surface area contributed by atoms with Gasteiger partial charge in [-0.1, -0.05) is 34.2 Å². The molecule has 2 fully saturated rings. The minimum absolute atomic E-state index is 0.0255. The van der Waals surface area contributed by atoms with Gasteiger partial charge >= 0.3 is 6.03 Å². The third-order valence-electron chi connectivity index (χ3n) is 7.44. The monoisotopic (exact) mass is 717 g/mol. The predicted molar refractivity (Wildman–Crippen MR) is 173 cm³/mol. The van der Waals surface area contributed by atoms with Gasteiger partial charge in [-0.15, -0.1) is 5.10 Å². The summed E-state index contributed by atoms with van der Waals surface area (Å²) < 4.78 is 16.4. The molecule has 0 saturated heterocycles. The number of benzene rings is 1. The summed E-state index contributed by atoms with van der Waals surface area (Å²) in [6.07, 6.45) is 9.25. The van der Waals surface area contributed by atoms with Gasteiger partial charge in [0.2, 0.25) is 0 Å². The highest BCUT2D eigenvalue weighted by molar-refractivity contribution is 14.1. The molecule has 2 aliphatic carbocycles. The lowest BCUT2D eigenvalue weighted by molar-refractivity contribution is 0.102. The average Bonchev–Trinajstić information content (AvgIpc) is 3.69. The summed E-state index contributed by atoms with van der Waals surface area (Å²) in [6, 6.07) is 9.12. The molecule has 6 rings (SSSR count). The molecule has 3 heterocycles. The highest BCUT2D eigenvalue weighted by atomic mass is 127. The number of anilines is 4. The van der Waals surface area contributed by atoms with Crippen LogP contribution >= 0.6 is 34.2 Å². The van der Waals surface area contributed by atoms with Gasteiger partial charge in [-0.05, 0) is 68.4 Å². The third kappa shape index (κ3) is 7.26. The molecule has 0 bridgehead atoms. The van der Waals surface area contributed by atoms with Crippen LogP contribution in [0.25, 0.3) is 5.65 Å². The zero-order valence-corrected chi connectivity index (χ0v) is 26.0. The first-order valence-corrected chi connectivity index (χ1v) is 16.0. The van der Waals surface area contributed by atoms with Crippen molar-refractivity contribution in [2.24, 2.45) is 0 Å². The van der Waals surface area contributed by atoms with Crippen molar-refractivity contribution in [3.63, 3.8) is 0 Å². The fourth-order valence-electron chi connectivity index (χ4n) is 5.15. The Morgan fingerprint density at radius 2 is 1.70 bits per heavy atom. The van der Waals surface area contributed by atoms with Crippen LogP contribution in [0.5, 0.6) is 0 Å². The van der Waals surface area contributed by atoms with E-state index in [9.17, 15) is 14.0 Å². The van der Waals surface area contributed by atoms with Crippen molar-refractivity contribution in [1.29, 1.82) is 0 Å². The standard InChI is InChI=1S/C29H30ClFIN9O2/c30-17-9-16(13-32)10-21(11-17)38-29(43)37-20-5-3-19(4-6-20)36-26-12-24(35-18-1-2-18)27-34-15-25(41(27)40-26)28(42)39-23-7-8-33-14-22(23)31/h7-12,14-15,18-20,35H,1-6,13H2,(H,36,40)(H,33,39,42)(H2,37,38,43). The number of hydrogen-bond acceptors (Lipinski definition) is 7. The quantitative estimate of drug-likeness (QED) is 0.102. The number of imidazole rings is 1. The van der Waals surface area contributed by atoms with Crippen molar-refractivity contribution in [2.45, 2.75) is 61.1 Å². The lowest BCUT2D eigenvalue weighted by atomic mass is 9.91. The van der Waals surface area contributed by atoms with Gasteiger partial charge in [0.1, 0.15) is 5.82 Å². The molecule has 1 aromatic carbocycles. The summed E-state index contributed by atoms with van der Waals surface area (Å²) in [5.41, 5.74) is 3.20. The SMILES string of the molecule is O=C(Nc1cc(Cl)cc(CI)c1)NC1CCC(Nc2cc(NC3CC3)c3ncc(C(=O)Nc4ccncc4F)n3n2)CC1. The molecule has 4 aromatic rings. The third-order valence-corrected chi connectivity index (χ3v) is 8.54. The Morgan fingerprint density at radius 3 is 2.44 bits per heavy atom. The number of nitrogens with one attached hydrogen (secondary N) is 5. The number of aromatic nitrogens is 4. The number of hydrogen-bond donors (Lipinski definition) is 5. The van der Waals surface area contributed by atoms with Crippen molar-refractivity contribution < 1.29 is 14.0 Å². The van der Waals surface area contributed by atoms with Gasteiger partial charge in [0.15, 0.2) is 17.2 Å². The van der Waals surface area contributed by atoms with E-state index in [-0.39, 0.29) is 29.5 Å². The number of halogens is 3. The lowest BCUT2D eigenvalue weighted by Gasteiger charge is -2.30. The van der Waals surface area contributed by atoms with Crippen LogP contribution in [0.2, 0.25) is 5.02 Å². The Labute approximate surface area is 265 Å². The van der Waals surface area contributed by atoms with Crippen LogP contribution < -0.4 is 26.6 Å². The zero-order valence-electron chi connectivity index (χ0n) is 23.0. The van der Waals surface area contributed by atoms with Crippen LogP contribution in [-0.4, -0.2) is 49.6 Å². The second-order valence-electron chi connectivity index (χ2n) is 10.8. The highest BCUT2D eigenvalue weighted by Gasteiger charge is 2.26. The molecule has 0 aliphatic heterocycles. The molecule has 0 radical (unpaired) electrons. The van der Waals surface area contributed by atoms with E-state index in [1.54, 1.807) is 6.07 Å². The molecule has 43 heavy (non-hydrogen) atoms. The molecular weight excluding hydrogens is 688 g/mol. The van der Waals surface area contributed by atoms with E-state index in [0.717, 1.165) is 60.4 Å². The molecular formula is C29H30ClFIN9O2. The summed E-state index contributed by atoms with van der Waals surface area (Å²) in [5.74, 6) is -0.569. The second kappa shape index (κ2) is 12.9. The van der Waals surface area contributed by atoms with Gasteiger partial charge < -0.3 is 26.6 Å². The molecule has 11 nitrogen and oxygen atoms in total. The number of rotatable bonds is 9. The first-order valence-electron chi connectivity index (χ1n) is 14.1. The smallest absolute Gasteiger partial charge is 0.319 e.